The second-order valence-electron chi connectivity index (χ2n) is 5.28. The quantitative estimate of drug-likeness (QED) is 0.865. The number of rotatable bonds is 3. The maximum absolute atomic E-state index is 6.05. The first-order chi connectivity index (χ1) is 9.25. The molecule has 0 unspecified atom stereocenters. The molecular weight excluding hydrogens is 260 g/mol. The average Bonchev–Trinajstić information content (AvgIpc) is 2.89. The summed E-state index contributed by atoms with van der Waals surface area (Å²) in [5, 5.41) is 0. The van der Waals surface area contributed by atoms with Gasteiger partial charge in [0.15, 0.2) is 0 Å². The van der Waals surface area contributed by atoms with Crippen molar-refractivity contribution in [1.82, 2.24) is 9.97 Å². The molecule has 1 aliphatic carbocycles. The van der Waals surface area contributed by atoms with Crippen LogP contribution in [0.5, 0.6) is 0 Å². The van der Waals surface area contributed by atoms with Gasteiger partial charge in [-0.3, -0.25) is 0 Å². The number of nitrogens with one attached hydrogen (secondary N) is 1. The van der Waals surface area contributed by atoms with Crippen molar-refractivity contribution in [2.24, 2.45) is 0 Å². The van der Waals surface area contributed by atoms with Crippen LogP contribution in [-0.2, 0) is 28.1 Å². The highest BCUT2D eigenvalue weighted by molar-refractivity contribution is 7.71. The predicted molar refractivity (Wildman–Crippen MR) is 74.6 cm³/mol. The zero-order valence-electron chi connectivity index (χ0n) is 11.3. The van der Waals surface area contributed by atoms with Gasteiger partial charge in [0.2, 0.25) is 0 Å². The highest BCUT2D eigenvalue weighted by Gasteiger charge is 2.39. The Labute approximate surface area is 118 Å². The van der Waals surface area contributed by atoms with Crippen LogP contribution in [0.4, 0.5) is 0 Å². The summed E-state index contributed by atoms with van der Waals surface area (Å²) in [6, 6.07) is 0. The third kappa shape index (κ3) is 2.35. The van der Waals surface area contributed by atoms with E-state index in [-0.39, 0.29) is 5.60 Å². The Morgan fingerprint density at radius 2 is 2.21 bits per heavy atom. The lowest BCUT2D eigenvalue weighted by Crippen LogP contribution is -2.30. The van der Waals surface area contributed by atoms with Crippen molar-refractivity contribution < 1.29 is 9.47 Å². The van der Waals surface area contributed by atoms with E-state index in [1.165, 1.54) is 18.5 Å². The Balaban J connectivity index is 2.04. The van der Waals surface area contributed by atoms with Gasteiger partial charge in [-0.15, -0.1) is 0 Å². The predicted octanol–water partition coefficient (Wildman–Crippen LogP) is 3.02. The number of H-pyrrole nitrogens is 1. The van der Waals surface area contributed by atoms with Crippen molar-refractivity contribution in [1.29, 1.82) is 0 Å². The summed E-state index contributed by atoms with van der Waals surface area (Å²) in [5.41, 5.74) is 2.00. The third-order valence-corrected chi connectivity index (χ3v) is 4.45. The molecule has 1 aromatic rings. The Bertz CT molecular complexity index is 521. The van der Waals surface area contributed by atoms with E-state index in [0.29, 0.717) is 17.9 Å². The molecule has 1 N–H and O–H groups in total. The minimum atomic E-state index is -0.240. The molecule has 0 spiro atoms. The highest BCUT2D eigenvalue weighted by Crippen LogP contribution is 2.40. The van der Waals surface area contributed by atoms with E-state index in [0.717, 1.165) is 37.3 Å². The first kappa shape index (κ1) is 13.2. The second kappa shape index (κ2) is 5.31. The fraction of sp³-hybridized carbons (Fsp3) is 0.714. The number of nitrogens with zero attached hydrogens (tertiary/aromatic N) is 1. The van der Waals surface area contributed by atoms with Crippen molar-refractivity contribution in [3.8, 4) is 0 Å². The van der Waals surface area contributed by atoms with Crippen LogP contribution in [0.25, 0.3) is 0 Å². The molecule has 104 valence electrons. The lowest BCUT2D eigenvalue weighted by Gasteiger charge is -2.29. The molecular formula is C14H20N2O2S. The number of aromatic nitrogens is 2. The summed E-state index contributed by atoms with van der Waals surface area (Å²) >= 11 is 5.43. The zero-order valence-corrected chi connectivity index (χ0v) is 12.1. The van der Waals surface area contributed by atoms with Crippen LogP contribution in [0, 0.1) is 4.64 Å². The molecule has 5 heteroatoms. The van der Waals surface area contributed by atoms with E-state index in [2.05, 4.69) is 9.97 Å². The number of hydrogen-bond donors (Lipinski definition) is 1. The maximum atomic E-state index is 6.05. The Kier molecular flexibility index (Phi) is 3.69. The molecule has 2 heterocycles. The molecule has 0 atom stereocenters. The summed E-state index contributed by atoms with van der Waals surface area (Å²) in [5.74, 6) is 0.928. The lowest BCUT2D eigenvalue weighted by molar-refractivity contribution is -0.0462. The smallest absolute Gasteiger partial charge is 0.140 e. The molecule has 1 aliphatic heterocycles. The van der Waals surface area contributed by atoms with Crippen LogP contribution in [-0.4, -0.2) is 23.2 Å². The number of aromatic amines is 1. The second-order valence-corrected chi connectivity index (χ2v) is 5.67. The van der Waals surface area contributed by atoms with Crippen molar-refractivity contribution in [3.63, 3.8) is 0 Å². The fourth-order valence-electron chi connectivity index (χ4n) is 3.14. The van der Waals surface area contributed by atoms with Crippen LogP contribution in [0.2, 0.25) is 0 Å². The van der Waals surface area contributed by atoms with Crippen LogP contribution < -0.4 is 0 Å². The molecule has 1 saturated carbocycles. The SMILES string of the molecule is CCOC1(c2nc(=S)c3c([nH]2)CCOC3)CCCC1. The van der Waals surface area contributed by atoms with E-state index in [9.17, 15) is 0 Å². The van der Waals surface area contributed by atoms with Gasteiger partial charge >= 0.3 is 0 Å². The molecule has 0 bridgehead atoms. The van der Waals surface area contributed by atoms with Gasteiger partial charge < -0.3 is 14.5 Å². The van der Waals surface area contributed by atoms with Crippen LogP contribution >= 0.6 is 12.2 Å². The topological polar surface area (TPSA) is 47.1 Å². The van der Waals surface area contributed by atoms with Gasteiger partial charge in [0, 0.05) is 24.3 Å². The molecule has 1 fully saturated rings. The largest absolute Gasteiger partial charge is 0.376 e. The number of ether oxygens (including phenoxy) is 2. The van der Waals surface area contributed by atoms with Crippen molar-refractivity contribution in [2.75, 3.05) is 13.2 Å². The zero-order chi connectivity index (χ0) is 13.3. The molecule has 4 nitrogen and oxygen atoms in total. The summed E-state index contributed by atoms with van der Waals surface area (Å²) in [7, 11) is 0. The summed E-state index contributed by atoms with van der Waals surface area (Å²) < 4.78 is 12.2. The van der Waals surface area contributed by atoms with E-state index in [1.807, 2.05) is 6.92 Å². The molecule has 1 aromatic heterocycles. The van der Waals surface area contributed by atoms with Crippen LogP contribution in [0.1, 0.15) is 49.7 Å². The minimum Gasteiger partial charge on any atom is -0.376 e. The van der Waals surface area contributed by atoms with Crippen molar-refractivity contribution in [2.45, 2.75) is 51.2 Å². The third-order valence-electron chi connectivity index (χ3n) is 4.11. The fourth-order valence-corrected chi connectivity index (χ4v) is 3.42. The van der Waals surface area contributed by atoms with Crippen molar-refractivity contribution in [3.05, 3.63) is 21.7 Å². The van der Waals surface area contributed by atoms with Gasteiger partial charge in [0.1, 0.15) is 16.1 Å². The molecule has 19 heavy (non-hydrogen) atoms. The molecule has 0 aromatic carbocycles. The number of hydrogen-bond acceptors (Lipinski definition) is 4. The first-order valence-corrected chi connectivity index (χ1v) is 7.50. The molecule has 0 saturated heterocycles. The Morgan fingerprint density at radius 1 is 1.42 bits per heavy atom. The van der Waals surface area contributed by atoms with E-state index >= 15 is 0 Å². The number of fused-ring (bicyclic) bond motifs is 1. The van der Waals surface area contributed by atoms with Crippen molar-refractivity contribution >= 4 is 12.2 Å². The van der Waals surface area contributed by atoms with Gasteiger partial charge in [-0.05, 0) is 32.6 Å². The van der Waals surface area contributed by atoms with E-state index in [4.69, 9.17) is 21.7 Å². The lowest BCUT2D eigenvalue weighted by atomic mass is 10.00. The minimum absolute atomic E-state index is 0.240. The molecule has 2 aliphatic rings. The Hall–Kier alpha value is -0.780. The van der Waals surface area contributed by atoms with Gasteiger partial charge in [-0.25, -0.2) is 4.98 Å². The standard InChI is InChI=1S/C14H20N2O2S/c1-2-18-14(6-3-4-7-14)13-15-11-5-8-17-9-10(11)12(19)16-13/h2-9H2,1H3,(H,15,16,19). The van der Waals surface area contributed by atoms with Gasteiger partial charge in [-0.2, -0.15) is 0 Å². The molecule has 3 rings (SSSR count). The maximum Gasteiger partial charge on any atom is 0.140 e. The van der Waals surface area contributed by atoms with Crippen LogP contribution in [0.3, 0.4) is 0 Å². The molecule has 0 amide bonds. The monoisotopic (exact) mass is 280 g/mol. The van der Waals surface area contributed by atoms with E-state index in [1.54, 1.807) is 0 Å². The normalized spacial score (nSPS) is 21.3. The summed E-state index contributed by atoms with van der Waals surface area (Å²) in [6.07, 6.45) is 5.35. The van der Waals surface area contributed by atoms with Crippen LogP contribution in [0.15, 0.2) is 0 Å². The first-order valence-electron chi connectivity index (χ1n) is 7.09. The molecule has 0 radical (unpaired) electrons. The summed E-state index contributed by atoms with van der Waals surface area (Å²) in [6.45, 7) is 4.09. The Morgan fingerprint density at radius 3 is 2.95 bits per heavy atom. The summed E-state index contributed by atoms with van der Waals surface area (Å²) in [4.78, 5) is 8.10. The van der Waals surface area contributed by atoms with Gasteiger partial charge in [0.05, 0.1) is 13.2 Å². The van der Waals surface area contributed by atoms with Gasteiger partial charge in [-0.1, -0.05) is 12.2 Å². The van der Waals surface area contributed by atoms with E-state index < -0.39 is 0 Å². The average molecular weight is 280 g/mol. The highest BCUT2D eigenvalue weighted by atomic mass is 32.1. The van der Waals surface area contributed by atoms with Gasteiger partial charge in [0.25, 0.3) is 0 Å².